The minimum absolute atomic E-state index is 0.123. The molecule has 0 saturated carbocycles. The first kappa shape index (κ1) is 17.1. The van der Waals surface area contributed by atoms with E-state index in [9.17, 15) is 4.79 Å². The van der Waals surface area contributed by atoms with Gasteiger partial charge in [0.1, 0.15) is 6.04 Å². The fourth-order valence-corrected chi connectivity index (χ4v) is 4.17. The quantitative estimate of drug-likeness (QED) is 0.902. The van der Waals surface area contributed by atoms with Gasteiger partial charge in [-0.3, -0.25) is 9.69 Å². The minimum Gasteiger partial charge on any atom is -0.359 e. The second-order valence-corrected chi connectivity index (χ2v) is 7.46. The zero-order valence-electron chi connectivity index (χ0n) is 15.4. The van der Waals surface area contributed by atoms with E-state index in [1.165, 1.54) is 16.8 Å². The third kappa shape index (κ3) is 3.61. The molecule has 2 atom stereocenters. The van der Waals surface area contributed by atoms with E-state index in [1.54, 1.807) is 0 Å². The average molecular weight is 349 g/mol. The predicted octanol–water partition coefficient (Wildman–Crippen LogP) is 2.83. The summed E-state index contributed by atoms with van der Waals surface area (Å²) in [5, 5.41) is 3.28. The number of amides is 1. The van der Waals surface area contributed by atoms with Crippen LogP contribution in [-0.4, -0.2) is 42.5 Å². The maximum Gasteiger partial charge on any atom is 0.242 e. The SMILES string of the molecule is C[C@@H](C(=O)N[C@H]1CCN(Cc2ccccc2)C1)N1CCc2ccccc21. The van der Waals surface area contributed by atoms with Crippen molar-refractivity contribution >= 4 is 11.6 Å². The number of para-hydroxylation sites is 1. The van der Waals surface area contributed by atoms with E-state index in [0.717, 1.165) is 39.0 Å². The lowest BCUT2D eigenvalue weighted by Gasteiger charge is -2.27. The van der Waals surface area contributed by atoms with E-state index in [1.807, 2.05) is 6.92 Å². The normalized spacial score (nSPS) is 20.8. The fourth-order valence-electron chi connectivity index (χ4n) is 4.17. The first-order valence-corrected chi connectivity index (χ1v) is 9.62. The van der Waals surface area contributed by atoms with Gasteiger partial charge in [-0.25, -0.2) is 0 Å². The molecule has 26 heavy (non-hydrogen) atoms. The van der Waals surface area contributed by atoms with Crippen LogP contribution in [0.4, 0.5) is 5.69 Å². The highest BCUT2D eigenvalue weighted by Gasteiger charge is 2.30. The minimum atomic E-state index is -0.123. The summed E-state index contributed by atoms with van der Waals surface area (Å²) in [4.78, 5) is 17.5. The summed E-state index contributed by atoms with van der Waals surface area (Å²) in [6, 6.07) is 19.1. The molecule has 4 nitrogen and oxygen atoms in total. The Morgan fingerprint density at radius 1 is 1.12 bits per heavy atom. The highest BCUT2D eigenvalue weighted by molar-refractivity contribution is 5.86. The molecule has 1 N–H and O–H groups in total. The lowest BCUT2D eigenvalue weighted by molar-refractivity contribution is -0.122. The molecule has 0 spiro atoms. The Balaban J connectivity index is 1.31. The number of nitrogens with one attached hydrogen (secondary N) is 1. The number of hydrogen-bond donors (Lipinski definition) is 1. The number of fused-ring (bicyclic) bond motifs is 1. The molecular weight excluding hydrogens is 322 g/mol. The highest BCUT2D eigenvalue weighted by Crippen LogP contribution is 2.29. The Labute approximate surface area is 155 Å². The van der Waals surface area contributed by atoms with E-state index < -0.39 is 0 Å². The van der Waals surface area contributed by atoms with Crippen LogP contribution in [0.25, 0.3) is 0 Å². The second-order valence-electron chi connectivity index (χ2n) is 7.46. The molecule has 2 aromatic carbocycles. The highest BCUT2D eigenvalue weighted by atomic mass is 16.2. The molecule has 0 bridgehead atoms. The van der Waals surface area contributed by atoms with Crippen LogP contribution >= 0.6 is 0 Å². The molecule has 2 heterocycles. The molecule has 1 amide bonds. The molecule has 0 aromatic heterocycles. The molecule has 4 heteroatoms. The Morgan fingerprint density at radius 2 is 1.88 bits per heavy atom. The summed E-state index contributed by atoms with van der Waals surface area (Å²) < 4.78 is 0. The lowest BCUT2D eigenvalue weighted by atomic mass is 10.1. The number of anilines is 1. The molecule has 2 aliphatic rings. The summed E-state index contributed by atoms with van der Waals surface area (Å²) in [6.45, 7) is 5.89. The third-order valence-electron chi connectivity index (χ3n) is 5.64. The van der Waals surface area contributed by atoms with Crippen LogP contribution in [0.15, 0.2) is 54.6 Å². The van der Waals surface area contributed by atoms with Crippen LogP contribution in [0.5, 0.6) is 0 Å². The topological polar surface area (TPSA) is 35.6 Å². The summed E-state index contributed by atoms with van der Waals surface area (Å²) >= 11 is 0. The largest absolute Gasteiger partial charge is 0.359 e. The summed E-state index contributed by atoms with van der Waals surface area (Å²) in [7, 11) is 0. The van der Waals surface area contributed by atoms with E-state index in [2.05, 4.69) is 69.7 Å². The lowest BCUT2D eigenvalue weighted by Crippen LogP contribution is -2.48. The average Bonchev–Trinajstić information content (AvgIpc) is 3.29. The maximum absolute atomic E-state index is 12.8. The van der Waals surface area contributed by atoms with Gasteiger partial charge in [0.2, 0.25) is 5.91 Å². The molecule has 0 radical (unpaired) electrons. The molecule has 1 saturated heterocycles. The zero-order chi connectivity index (χ0) is 17.9. The van der Waals surface area contributed by atoms with Crippen LogP contribution in [0, 0.1) is 0 Å². The van der Waals surface area contributed by atoms with Gasteiger partial charge in [0, 0.05) is 37.9 Å². The van der Waals surface area contributed by atoms with Crippen molar-refractivity contribution in [3.8, 4) is 0 Å². The monoisotopic (exact) mass is 349 g/mol. The first-order chi connectivity index (χ1) is 12.7. The van der Waals surface area contributed by atoms with Crippen LogP contribution in [-0.2, 0) is 17.8 Å². The number of nitrogens with zero attached hydrogens (tertiary/aromatic N) is 2. The fraction of sp³-hybridized carbons (Fsp3) is 0.409. The zero-order valence-corrected chi connectivity index (χ0v) is 15.4. The van der Waals surface area contributed by atoms with Crippen molar-refractivity contribution in [3.63, 3.8) is 0 Å². The van der Waals surface area contributed by atoms with Gasteiger partial charge in [-0.1, -0.05) is 48.5 Å². The first-order valence-electron chi connectivity index (χ1n) is 9.62. The van der Waals surface area contributed by atoms with Gasteiger partial charge in [-0.15, -0.1) is 0 Å². The molecule has 0 unspecified atom stereocenters. The second kappa shape index (κ2) is 7.50. The maximum atomic E-state index is 12.8. The number of likely N-dealkylation sites (tertiary alicyclic amines) is 1. The van der Waals surface area contributed by atoms with Crippen molar-refractivity contribution in [2.45, 2.75) is 38.4 Å². The molecule has 4 rings (SSSR count). The van der Waals surface area contributed by atoms with Crippen molar-refractivity contribution in [3.05, 3.63) is 65.7 Å². The Kier molecular flexibility index (Phi) is 4.93. The smallest absolute Gasteiger partial charge is 0.242 e. The van der Waals surface area contributed by atoms with Gasteiger partial charge in [-0.05, 0) is 37.0 Å². The van der Waals surface area contributed by atoms with Crippen molar-refractivity contribution in [1.29, 1.82) is 0 Å². The number of rotatable bonds is 5. The Morgan fingerprint density at radius 3 is 2.73 bits per heavy atom. The summed E-state index contributed by atoms with van der Waals surface area (Å²) in [5.41, 5.74) is 3.90. The van der Waals surface area contributed by atoms with Gasteiger partial charge in [0.25, 0.3) is 0 Å². The van der Waals surface area contributed by atoms with Gasteiger partial charge in [-0.2, -0.15) is 0 Å². The molecule has 0 aliphatic carbocycles. The predicted molar refractivity (Wildman–Crippen MR) is 105 cm³/mol. The molecule has 136 valence electrons. The van der Waals surface area contributed by atoms with Crippen molar-refractivity contribution in [2.24, 2.45) is 0 Å². The molecular formula is C22H27N3O. The van der Waals surface area contributed by atoms with Gasteiger partial charge in [0.15, 0.2) is 0 Å². The van der Waals surface area contributed by atoms with Crippen molar-refractivity contribution < 1.29 is 4.79 Å². The van der Waals surface area contributed by atoms with Gasteiger partial charge < -0.3 is 10.2 Å². The van der Waals surface area contributed by atoms with Crippen molar-refractivity contribution in [2.75, 3.05) is 24.5 Å². The van der Waals surface area contributed by atoms with E-state index in [-0.39, 0.29) is 18.0 Å². The number of carbonyl (C=O) groups excluding carboxylic acids is 1. The van der Waals surface area contributed by atoms with Crippen molar-refractivity contribution in [1.82, 2.24) is 10.2 Å². The van der Waals surface area contributed by atoms with E-state index >= 15 is 0 Å². The van der Waals surface area contributed by atoms with Crippen LogP contribution < -0.4 is 10.2 Å². The van der Waals surface area contributed by atoms with Gasteiger partial charge in [0.05, 0.1) is 0 Å². The molecule has 2 aliphatic heterocycles. The van der Waals surface area contributed by atoms with E-state index in [0.29, 0.717) is 0 Å². The van der Waals surface area contributed by atoms with E-state index in [4.69, 9.17) is 0 Å². The number of benzene rings is 2. The Hall–Kier alpha value is -2.33. The standard InChI is InChI=1S/C22H27N3O/c1-17(25-14-11-19-9-5-6-10-21(19)25)22(26)23-20-12-13-24(16-20)15-18-7-3-2-4-8-18/h2-10,17,20H,11-16H2,1H3,(H,23,26)/t17-,20-/m0/s1. The summed E-state index contributed by atoms with van der Waals surface area (Å²) in [6.07, 6.45) is 2.06. The number of hydrogen-bond acceptors (Lipinski definition) is 3. The Bertz CT molecular complexity index is 761. The molecule has 2 aromatic rings. The van der Waals surface area contributed by atoms with Crippen LogP contribution in [0.1, 0.15) is 24.5 Å². The number of carbonyl (C=O) groups is 1. The van der Waals surface area contributed by atoms with Crippen LogP contribution in [0.3, 0.4) is 0 Å². The summed E-state index contributed by atoms with van der Waals surface area (Å²) in [5.74, 6) is 0.147. The molecule has 1 fully saturated rings. The third-order valence-corrected chi connectivity index (χ3v) is 5.64. The van der Waals surface area contributed by atoms with Gasteiger partial charge >= 0.3 is 0 Å². The van der Waals surface area contributed by atoms with Crippen LogP contribution in [0.2, 0.25) is 0 Å².